The van der Waals surface area contributed by atoms with Gasteiger partial charge in [-0.2, -0.15) is 0 Å². The summed E-state index contributed by atoms with van der Waals surface area (Å²) in [7, 11) is 0. The molecule has 1 fully saturated rings. The third-order valence-corrected chi connectivity index (χ3v) is 6.27. The van der Waals surface area contributed by atoms with Gasteiger partial charge in [-0.25, -0.2) is 0 Å². The fourth-order valence-corrected chi connectivity index (χ4v) is 4.79. The molecule has 1 aromatic heterocycles. The van der Waals surface area contributed by atoms with Crippen LogP contribution in [-0.2, 0) is 4.74 Å². The molecule has 3 unspecified atom stereocenters. The van der Waals surface area contributed by atoms with Crippen LogP contribution >= 0.6 is 27.3 Å². The van der Waals surface area contributed by atoms with E-state index in [1.807, 2.05) is 11.3 Å². The Hall–Kier alpha value is -0.420. The summed E-state index contributed by atoms with van der Waals surface area (Å²) in [6.45, 7) is 6.44. The van der Waals surface area contributed by atoms with E-state index in [4.69, 9.17) is 4.74 Å². The zero-order chi connectivity index (χ0) is 14.8. The minimum absolute atomic E-state index is 0.285. The van der Waals surface area contributed by atoms with Crippen LogP contribution in [0.25, 0.3) is 10.1 Å². The Labute approximate surface area is 139 Å². The van der Waals surface area contributed by atoms with Gasteiger partial charge in [0.05, 0.1) is 12.1 Å². The maximum absolute atomic E-state index is 6.06. The van der Waals surface area contributed by atoms with E-state index in [9.17, 15) is 0 Å². The van der Waals surface area contributed by atoms with Gasteiger partial charge >= 0.3 is 0 Å². The summed E-state index contributed by atoms with van der Waals surface area (Å²) in [6.07, 6.45) is 2.60. The van der Waals surface area contributed by atoms with Crippen LogP contribution in [0.2, 0.25) is 0 Å². The molecule has 1 aliphatic heterocycles. The van der Waals surface area contributed by atoms with E-state index in [1.54, 1.807) is 0 Å². The lowest BCUT2D eigenvalue weighted by molar-refractivity contribution is 0.0612. The van der Waals surface area contributed by atoms with E-state index in [1.165, 1.54) is 26.5 Å². The number of benzene rings is 1. The third kappa shape index (κ3) is 3.04. The van der Waals surface area contributed by atoms with E-state index in [-0.39, 0.29) is 6.10 Å². The molecule has 1 saturated heterocycles. The third-order valence-electron chi connectivity index (χ3n) is 4.30. The SMILES string of the molecule is CCCNC(c1csc2c(Br)cccc12)C1OCCC1C. The van der Waals surface area contributed by atoms with Gasteiger partial charge in [0.2, 0.25) is 0 Å². The summed E-state index contributed by atoms with van der Waals surface area (Å²) in [4.78, 5) is 0. The summed E-state index contributed by atoms with van der Waals surface area (Å²) in [5, 5.41) is 7.38. The van der Waals surface area contributed by atoms with Crippen molar-refractivity contribution in [2.75, 3.05) is 13.2 Å². The Bertz CT molecular complexity index is 612. The molecule has 2 aromatic rings. The molecule has 0 bridgehead atoms. The first-order chi connectivity index (χ1) is 10.2. The van der Waals surface area contributed by atoms with Crippen molar-refractivity contribution < 1.29 is 4.74 Å². The Morgan fingerprint density at radius 2 is 2.33 bits per heavy atom. The molecule has 3 rings (SSSR count). The standard InChI is InChI=1S/C17H22BrNOS/c1-3-8-19-15(16-11(2)7-9-20-16)13-10-21-17-12(13)5-4-6-14(17)18/h4-6,10-11,15-16,19H,3,7-9H2,1-2H3. The van der Waals surface area contributed by atoms with Crippen LogP contribution in [0.3, 0.4) is 0 Å². The van der Waals surface area contributed by atoms with E-state index in [0.29, 0.717) is 12.0 Å². The molecule has 21 heavy (non-hydrogen) atoms. The second-order valence-electron chi connectivity index (χ2n) is 5.84. The minimum Gasteiger partial charge on any atom is -0.376 e. The number of halogens is 1. The Kier molecular flexibility index (Phi) is 4.99. The first kappa shape index (κ1) is 15.5. The van der Waals surface area contributed by atoms with Crippen molar-refractivity contribution in [1.29, 1.82) is 0 Å². The molecule has 3 atom stereocenters. The average Bonchev–Trinajstić information content (AvgIpc) is 3.08. The smallest absolute Gasteiger partial charge is 0.0796 e. The fourth-order valence-electron chi connectivity index (χ4n) is 3.13. The van der Waals surface area contributed by atoms with Gasteiger partial charge in [-0.15, -0.1) is 11.3 Å². The highest BCUT2D eigenvalue weighted by Crippen LogP contribution is 2.39. The van der Waals surface area contributed by atoms with Crippen LogP contribution in [0.15, 0.2) is 28.1 Å². The highest BCUT2D eigenvalue weighted by Gasteiger charge is 2.34. The average molecular weight is 368 g/mol. The molecule has 1 N–H and O–H groups in total. The van der Waals surface area contributed by atoms with Crippen LogP contribution in [0.1, 0.15) is 38.3 Å². The van der Waals surface area contributed by atoms with Crippen LogP contribution in [-0.4, -0.2) is 19.3 Å². The summed E-state index contributed by atoms with van der Waals surface area (Å²) in [5.41, 5.74) is 1.39. The van der Waals surface area contributed by atoms with Gasteiger partial charge < -0.3 is 10.1 Å². The molecule has 0 saturated carbocycles. The van der Waals surface area contributed by atoms with Crippen molar-refractivity contribution >= 4 is 37.4 Å². The van der Waals surface area contributed by atoms with Crippen LogP contribution in [0.5, 0.6) is 0 Å². The van der Waals surface area contributed by atoms with Gasteiger partial charge in [-0.05, 0) is 63.6 Å². The molecule has 1 aliphatic rings. The molecule has 0 aliphatic carbocycles. The van der Waals surface area contributed by atoms with Gasteiger partial charge in [-0.3, -0.25) is 0 Å². The maximum atomic E-state index is 6.06. The van der Waals surface area contributed by atoms with Gasteiger partial charge in [0.15, 0.2) is 0 Å². The quantitative estimate of drug-likeness (QED) is 0.790. The molecule has 0 radical (unpaired) electrons. The molecular formula is C17H22BrNOS. The van der Waals surface area contributed by atoms with E-state index in [2.05, 4.69) is 58.7 Å². The summed E-state index contributed by atoms with van der Waals surface area (Å²) >= 11 is 5.49. The predicted molar refractivity (Wildman–Crippen MR) is 94.1 cm³/mol. The molecular weight excluding hydrogens is 346 g/mol. The zero-order valence-corrected chi connectivity index (χ0v) is 15.0. The first-order valence-corrected chi connectivity index (χ1v) is 9.40. The van der Waals surface area contributed by atoms with Crippen LogP contribution < -0.4 is 5.32 Å². The molecule has 0 amide bonds. The highest BCUT2D eigenvalue weighted by molar-refractivity contribution is 9.10. The predicted octanol–water partition coefficient (Wildman–Crippen LogP) is 5.13. The maximum Gasteiger partial charge on any atom is 0.0796 e. The Morgan fingerprint density at radius 1 is 1.48 bits per heavy atom. The summed E-state index contributed by atoms with van der Waals surface area (Å²) in [5.74, 6) is 0.612. The number of ether oxygens (including phenoxy) is 1. The highest BCUT2D eigenvalue weighted by atomic mass is 79.9. The largest absolute Gasteiger partial charge is 0.376 e. The normalized spacial score (nSPS) is 23.8. The number of thiophene rings is 1. The van der Waals surface area contributed by atoms with Crippen LogP contribution in [0, 0.1) is 5.92 Å². The zero-order valence-electron chi connectivity index (χ0n) is 12.6. The second-order valence-corrected chi connectivity index (χ2v) is 7.57. The topological polar surface area (TPSA) is 21.3 Å². The molecule has 4 heteroatoms. The number of hydrogen-bond donors (Lipinski definition) is 1. The first-order valence-electron chi connectivity index (χ1n) is 7.73. The lowest BCUT2D eigenvalue weighted by Gasteiger charge is -2.27. The lowest BCUT2D eigenvalue weighted by Crippen LogP contribution is -2.35. The number of hydrogen-bond acceptors (Lipinski definition) is 3. The number of nitrogens with one attached hydrogen (secondary N) is 1. The van der Waals surface area contributed by atoms with Gasteiger partial charge in [0.25, 0.3) is 0 Å². The molecule has 0 spiro atoms. The Morgan fingerprint density at radius 3 is 3.05 bits per heavy atom. The minimum atomic E-state index is 0.285. The van der Waals surface area contributed by atoms with Gasteiger partial charge in [0, 0.05) is 15.8 Å². The van der Waals surface area contributed by atoms with E-state index < -0.39 is 0 Å². The van der Waals surface area contributed by atoms with Crippen molar-refractivity contribution in [2.45, 2.75) is 38.8 Å². The fraction of sp³-hybridized carbons (Fsp3) is 0.529. The summed E-state index contributed by atoms with van der Waals surface area (Å²) < 4.78 is 8.58. The van der Waals surface area contributed by atoms with E-state index >= 15 is 0 Å². The van der Waals surface area contributed by atoms with E-state index in [0.717, 1.165) is 19.6 Å². The monoisotopic (exact) mass is 367 g/mol. The van der Waals surface area contributed by atoms with Crippen molar-refractivity contribution in [3.05, 3.63) is 33.6 Å². The second kappa shape index (κ2) is 6.78. The van der Waals surface area contributed by atoms with Crippen molar-refractivity contribution in [2.24, 2.45) is 5.92 Å². The Balaban J connectivity index is 1.99. The van der Waals surface area contributed by atoms with Gasteiger partial charge in [-0.1, -0.05) is 26.0 Å². The van der Waals surface area contributed by atoms with Gasteiger partial charge in [0.1, 0.15) is 0 Å². The molecule has 1 aromatic carbocycles. The molecule has 2 heterocycles. The van der Waals surface area contributed by atoms with Crippen molar-refractivity contribution in [3.8, 4) is 0 Å². The van der Waals surface area contributed by atoms with Crippen LogP contribution in [0.4, 0.5) is 0 Å². The lowest BCUT2D eigenvalue weighted by atomic mass is 9.92. The van der Waals surface area contributed by atoms with Crippen molar-refractivity contribution in [3.63, 3.8) is 0 Å². The molecule has 114 valence electrons. The number of rotatable bonds is 5. The molecule has 2 nitrogen and oxygen atoms in total. The summed E-state index contributed by atoms with van der Waals surface area (Å²) in [6, 6.07) is 6.77. The van der Waals surface area contributed by atoms with Crippen molar-refractivity contribution in [1.82, 2.24) is 5.32 Å². The number of fused-ring (bicyclic) bond motifs is 1.